The van der Waals surface area contributed by atoms with Gasteiger partial charge in [-0.2, -0.15) is 0 Å². The molecule has 0 bridgehead atoms. The van der Waals surface area contributed by atoms with E-state index >= 15 is 0 Å². The average Bonchev–Trinajstić information content (AvgIpc) is 2.43. The highest BCUT2D eigenvalue weighted by Crippen LogP contribution is 2.05. The van der Waals surface area contributed by atoms with Gasteiger partial charge in [-0.25, -0.2) is 8.42 Å². The fourth-order valence-corrected chi connectivity index (χ4v) is 1.91. The first kappa shape index (κ1) is 11.1. The lowest BCUT2D eigenvalue weighted by Crippen LogP contribution is -2.12. The van der Waals surface area contributed by atoms with Crippen LogP contribution in [0.3, 0.4) is 0 Å². The van der Waals surface area contributed by atoms with Crippen molar-refractivity contribution in [2.75, 3.05) is 6.26 Å². The van der Waals surface area contributed by atoms with Gasteiger partial charge in [0.2, 0.25) is 0 Å². The molecule has 80 valence electrons. The maximum atomic E-state index is 11.1. The lowest BCUT2D eigenvalue weighted by Gasteiger charge is -2.04. The molecule has 0 radical (unpaired) electrons. The molecule has 0 aliphatic heterocycles. The van der Waals surface area contributed by atoms with Crippen LogP contribution in [0.5, 0.6) is 0 Å². The van der Waals surface area contributed by atoms with E-state index in [1.54, 1.807) is 4.57 Å². The quantitative estimate of drug-likeness (QED) is 0.721. The Morgan fingerprint density at radius 2 is 1.93 bits per heavy atom. The summed E-state index contributed by atoms with van der Waals surface area (Å²) in [6, 6.07) is 0. The van der Waals surface area contributed by atoms with E-state index < -0.39 is 9.84 Å². The Bertz CT molecular complexity index is 409. The number of nitrogens with zero attached hydrogens (tertiary/aromatic N) is 3. The number of hydrogen-bond donors (Lipinski definition) is 1. The van der Waals surface area contributed by atoms with Crippen LogP contribution in [0.25, 0.3) is 0 Å². The Hall–Kier alpha value is -0.950. The molecule has 2 N–H and O–H groups in total. The molecule has 1 aromatic heterocycles. The third-order valence-corrected chi connectivity index (χ3v) is 2.58. The smallest absolute Gasteiger partial charge is 0.154 e. The Morgan fingerprint density at radius 1 is 1.36 bits per heavy atom. The van der Waals surface area contributed by atoms with E-state index in [0.29, 0.717) is 18.2 Å². The van der Waals surface area contributed by atoms with Gasteiger partial charge in [-0.3, -0.25) is 0 Å². The zero-order valence-electron chi connectivity index (χ0n) is 8.27. The van der Waals surface area contributed by atoms with Crippen LogP contribution in [0.2, 0.25) is 0 Å². The number of aromatic nitrogens is 3. The molecule has 1 aromatic rings. The SMILES string of the molecule is CCn1c(CN)nnc1CS(C)(=O)=O. The molecule has 0 saturated carbocycles. The number of rotatable bonds is 4. The maximum absolute atomic E-state index is 11.1. The number of nitrogens with two attached hydrogens (primary N) is 1. The molecule has 1 rings (SSSR count). The standard InChI is InChI=1S/C7H14N4O2S/c1-3-11-6(4-8)9-10-7(11)5-14(2,12)13/h3-5,8H2,1-2H3. The van der Waals surface area contributed by atoms with E-state index in [1.165, 1.54) is 6.26 Å². The summed E-state index contributed by atoms with van der Waals surface area (Å²) in [5.74, 6) is 0.981. The summed E-state index contributed by atoms with van der Waals surface area (Å²) in [5, 5.41) is 7.61. The van der Waals surface area contributed by atoms with Gasteiger partial charge < -0.3 is 10.3 Å². The van der Waals surface area contributed by atoms with Crippen LogP contribution in [0.15, 0.2) is 0 Å². The van der Waals surface area contributed by atoms with Gasteiger partial charge in [0.25, 0.3) is 0 Å². The molecule has 0 amide bonds. The first-order valence-electron chi connectivity index (χ1n) is 4.26. The summed E-state index contributed by atoms with van der Waals surface area (Å²) in [4.78, 5) is 0. The van der Waals surface area contributed by atoms with E-state index in [-0.39, 0.29) is 12.3 Å². The van der Waals surface area contributed by atoms with Gasteiger partial charge >= 0.3 is 0 Å². The molecular formula is C7H14N4O2S. The lowest BCUT2D eigenvalue weighted by molar-refractivity contribution is 0.595. The van der Waals surface area contributed by atoms with Crippen molar-refractivity contribution in [1.82, 2.24) is 14.8 Å². The Morgan fingerprint density at radius 3 is 2.36 bits per heavy atom. The zero-order valence-corrected chi connectivity index (χ0v) is 9.08. The fourth-order valence-electron chi connectivity index (χ4n) is 1.23. The highest BCUT2D eigenvalue weighted by molar-refractivity contribution is 7.89. The molecule has 0 spiro atoms. The Kier molecular flexibility index (Phi) is 3.22. The molecule has 0 saturated heterocycles. The van der Waals surface area contributed by atoms with Gasteiger partial charge in [0.05, 0.1) is 6.54 Å². The summed E-state index contributed by atoms with van der Waals surface area (Å²) >= 11 is 0. The molecule has 0 unspecified atom stereocenters. The van der Waals surface area contributed by atoms with E-state index in [0.717, 1.165) is 0 Å². The third kappa shape index (κ3) is 2.52. The van der Waals surface area contributed by atoms with Crippen LogP contribution in [-0.4, -0.2) is 29.4 Å². The Labute approximate surface area is 83.0 Å². The van der Waals surface area contributed by atoms with Crippen molar-refractivity contribution in [3.8, 4) is 0 Å². The minimum absolute atomic E-state index is 0.0894. The maximum Gasteiger partial charge on any atom is 0.154 e. The Balaban J connectivity index is 3.04. The number of sulfone groups is 1. The van der Waals surface area contributed by atoms with Crippen molar-refractivity contribution in [2.24, 2.45) is 5.73 Å². The molecule has 0 atom stereocenters. The van der Waals surface area contributed by atoms with Gasteiger partial charge in [-0.1, -0.05) is 0 Å². The monoisotopic (exact) mass is 218 g/mol. The minimum Gasteiger partial charge on any atom is -0.324 e. The van der Waals surface area contributed by atoms with Gasteiger partial charge in [0, 0.05) is 12.8 Å². The summed E-state index contributed by atoms with van der Waals surface area (Å²) < 4.78 is 23.8. The van der Waals surface area contributed by atoms with Crippen molar-refractivity contribution >= 4 is 9.84 Å². The van der Waals surface area contributed by atoms with Crippen molar-refractivity contribution in [2.45, 2.75) is 25.8 Å². The molecule has 14 heavy (non-hydrogen) atoms. The van der Waals surface area contributed by atoms with Crippen LogP contribution in [0.4, 0.5) is 0 Å². The van der Waals surface area contributed by atoms with Crippen LogP contribution >= 0.6 is 0 Å². The van der Waals surface area contributed by atoms with E-state index in [2.05, 4.69) is 10.2 Å². The topological polar surface area (TPSA) is 90.9 Å². The first-order chi connectivity index (χ1) is 6.48. The van der Waals surface area contributed by atoms with Crippen LogP contribution in [-0.2, 0) is 28.7 Å². The second kappa shape index (κ2) is 4.05. The molecule has 0 aliphatic carbocycles. The molecular weight excluding hydrogens is 204 g/mol. The molecule has 1 heterocycles. The second-order valence-corrected chi connectivity index (χ2v) is 5.19. The lowest BCUT2D eigenvalue weighted by atomic mass is 10.5. The molecule has 0 fully saturated rings. The van der Waals surface area contributed by atoms with Crippen LogP contribution < -0.4 is 5.73 Å². The van der Waals surface area contributed by atoms with Crippen molar-refractivity contribution in [3.05, 3.63) is 11.6 Å². The summed E-state index contributed by atoms with van der Waals surface area (Å²) in [7, 11) is -3.07. The summed E-state index contributed by atoms with van der Waals surface area (Å²) in [6.07, 6.45) is 1.17. The van der Waals surface area contributed by atoms with Gasteiger partial charge in [-0.15, -0.1) is 10.2 Å². The third-order valence-electron chi connectivity index (χ3n) is 1.79. The van der Waals surface area contributed by atoms with Crippen LogP contribution in [0.1, 0.15) is 18.6 Å². The highest BCUT2D eigenvalue weighted by atomic mass is 32.2. The molecule has 7 heteroatoms. The van der Waals surface area contributed by atoms with Gasteiger partial charge in [0.1, 0.15) is 17.4 Å². The highest BCUT2D eigenvalue weighted by Gasteiger charge is 2.13. The number of hydrogen-bond acceptors (Lipinski definition) is 5. The van der Waals surface area contributed by atoms with E-state index in [4.69, 9.17) is 5.73 Å². The largest absolute Gasteiger partial charge is 0.324 e. The van der Waals surface area contributed by atoms with Crippen molar-refractivity contribution < 1.29 is 8.42 Å². The molecule has 0 aromatic carbocycles. The van der Waals surface area contributed by atoms with Gasteiger partial charge in [-0.05, 0) is 6.92 Å². The van der Waals surface area contributed by atoms with E-state index in [1.807, 2.05) is 6.92 Å². The van der Waals surface area contributed by atoms with E-state index in [9.17, 15) is 8.42 Å². The van der Waals surface area contributed by atoms with Crippen molar-refractivity contribution in [1.29, 1.82) is 0 Å². The summed E-state index contributed by atoms with van der Waals surface area (Å²) in [6.45, 7) is 2.79. The molecule has 6 nitrogen and oxygen atoms in total. The fraction of sp³-hybridized carbons (Fsp3) is 0.714. The first-order valence-corrected chi connectivity index (χ1v) is 6.32. The van der Waals surface area contributed by atoms with Crippen LogP contribution in [0, 0.1) is 0 Å². The average molecular weight is 218 g/mol. The normalized spacial score (nSPS) is 11.9. The predicted octanol–water partition coefficient (Wildman–Crippen LogP) is -0.699. The minimum atomic E-state index is -3.07. The molecule has 0 aliphatic rings. The summed E-state index contributed by atoms with van der Waals surface area (Å²) in [5.41, 5.74) is 5.43. The zero-order chi connectivity index (χ0) is 10.8. The second-order valence-electron chi connectivity index (χ2n) is 3.05. The predicted molar refractivity (Wildman–Crippen MR) is 52.1 cm³/mol. The van der Waals surface area contributed by atoms with Gasteiger partial charge in [0.15, 0.2) is 9.84 Å². The van der Waals surface area contributed by atoms with Crippen molar-refractivity contribution in [3.63, 3.8) is 0 Å².